The molecule has 19 heavy (non-hydrogen) atoms. The SMILES string of the molecule is O=C1CCCCC(C(=O)N2CCC3(CCOC3)C2)N1. The standard InChI is InChI=1S/C14H22N2O3/c17-12-4-2-1-3-11(15-12)13(18)16-7-5-14(9-16)6-8-19-10-14/h11H,1-10H2,(H,15,17). The first kappa shape index (κ1) is 12.9. The molecule has 1 spiro atoms. The molecule has 0 aromatic carbocycles. The van der Waals surface area contributed by atoms with Crippen molar-refractivity contribution >= 4 is 11.8 Å². The summed E-state index contributed by atoms with van der Waals surface area (Å²) in [6.07, 6.45) is 5.30. The molecular weight excluding hydrogens is 244 g/mol. The topological polar surface area (TPSA) is 58.6 Å². The van der Waals surface area contributed by atoms with Gasteiger partial charge in [-0.05, 0) is 25.7 Å². The van der Waals surface area contributed by atoms with Gasteiger partial charge in [-0.15, -0.1) is 0 Å². The first-order valence-electron chi connectivity index (χ1n) is 7.35. The summed E-state index contributed by atoms with van der Waals surface area (Å²) in [7, 11) is 0. The van der Waals surface area contributed by atoms with Crippen molar-refractivity contribution in [2.75, 3.05) is 26.3 Å². The van der Waals surface area contributed by atoms with E-state index in [1.807, 2.05) is 4.90 Å². The van der Waals surface area contributed by atoms with E-state index < -0.39 is 0 Å². The third kappa shape index (κ3) is 2.61. The van der Waals surface area contributed by atoms with Crippen LogP contribution < -0.4 is 5.32 Å². The average Bonchev–Trinajstić information content (AvgIpc) is 2.98. The normalized spacial score (nSPS) is 35.5. The van der Waals surface area contributed by atoms with Gasteiger partial charge in [-0.2, -0.15) is 0 Å². The van der Waals surface area contributed by atoms with Crippen LogP contribution in [0.2, 0.25) is 0 Å². The second kappa shape index (κ2) is 5.12. The fraction of sp³-hybridized carbons (Fsp3) is 0.857. The Balaban J connectivity index is 1.62. The Morgan fingerprint density at radius 2 is 2.26 bits per heavy atom. The number of nitrogens with one attached hydrogen (secondary N) is 1. The van der Waals surface area contributed by atoms with Gasteiger partial charge in [0.1, 0.15) is 6.04 Å². The summed E-state index contributed by atoms with van der Waals surface area (Å²) in [6, 6.07) is -0.299. The fourth-order valence-corrected chi connectivity index (χ4v) is 3.47. The van der Waals surface area contributed by atoms with Crippen molar-refractivity contribution in [1.82, 2.24) is 10.2 Å². The van der Waals surface area contributed by atoms with E-state index in [0.29, 0.717) is 6.42 Å². The summed E-state index contributed by atoms with van der Waals surface area (Å²) < 4.78 is 5.49. The van der Waals surface area contributed by atoms with Crippen molar-refractivity contribution in [3.05, 3.63) is 0 Å². The lowest BCUT2D eigenvalue weighted by atomic mass is 9.87. The molecule has 2 atom stereocenters. The number of hydrogen-bond donors (Lipinski definition) is 1. The van der Waals surface area contributed by atoms with Gasteiger partial charge in [0.05, 0.1) is 6.61 Å². The lowest BCUT2D eigenvalue weighted by molar-refractivity contribution is -0.135. The van der Waals surface area contributed by atoms with Gasteiger partial charge in [0.2, 0.25) is 11.8 Å². The van der Waals surface area contributed by atoms with Crippen LogP contribution in [0.5, 0.6) is 0 Å². The lowest BCUT2D eigenvalue weighted by Gasteiger charge is -2.25. The van der Waals surface area contributed by atoms with Crippen LogP contribution in [-0.2, 0) is 14.3 Å². The minimum Gasteiger partial charge on any atom is -0.381 e. The van der Waals surface area contributed by atoms with Crippen molar-refractivity contribution in [2.45, 2.75) is 44.6 Å². The van der Waals surface area contributed by atoms with Crippen LogP contribution in [0.15, 0.2) is 0 Å². The molecule has 3 heterocycles. The second-order valence-corrected chi connectivity index (χ2v) is 6.18. The third-order valence-corrected chi connectivity index (χ3v) is 4.71. The van der Waals surface area contributed by atoms with E-state index >= 15 is 0 Å². The van der Waals surface area contributed by atoms with Gasteiger partial charge >= 0.3 is 0 Å². The zero-order chi connectivity index (χ0) is 13.3. The van der Waals surface area contributed by atoms with Gasteiger partial charge in [-0.25, -0.2) is 0 Å². The van der Waals surface area contributed by atoms with Crippen LogP contribution in [0.4, 0.5) is 0 Å². The minimum atomic E-state index is -0.299. The van der Waals surface area contributed by atoms with Crippen LogP contribution in [0.3, 0.4) is 0 Å². The maximum atomic E-state index is 12.5. The molecule has 3 rings (SSSR count). The molecule has 1 N–H and O–H groups in total. The van der Waals surface area contributed by atoms with Gasteiger partial charge in [0, 0.05) is 31.5 Å². The second-order valence-electron chi connectivity index (χ2n) is 6.18. The molecule has 5 heteroatoms. The molecule has 0 aromatic heterocycles. The highest BCUT2D eigenvalue weighted by atomic mass is 16.5. The summed E-state index contributed by atoms with van der Waals surface area (Å²) in [5.74, 6) is 0.132. The molecule has 3 aliphatic rings. The number of hydrogen-bond acceptors (Lipinski definition) is 3. The number of likely N-dealkylation sites (tertiary alicyclic amines) is 1. The Morgan fingerprint density at radius 1 is 1.37 bits per heavy atom. The molecule has 3 aliphatic heterocycles. The molecule has 0 aliphatic carbocycles. The monoisotopic (exact) mass is 266 g/mol. The van der Waals surface area contributed by atoms with E-state index in [1.54, 1.807) is 0 Å². The number of carbonyl (C=O) groups excluding carboxylic acids is 2. The van der Waals surface area contributed by atoms with E-state index in [0.717, 1.165) is 58.4 Å². The summed E-state index contributed by atoms with van der Waals surface area (Å²) in [5.41, 5.74) is 0.199. The smallest absolute Gasteiger partial charge is 0.245 e. The van der Waals surface area contributed by atoms with Gasteiger partial charge in [0.25, 0.3) is 0 Å². The van der Waals surface area contributed by atoms with Gasteiger partial charge in [-0.1, -0.05) is 6.42 Å². The summed E-state index contributed by atoms with van der Waals surface area (Å²) in [6.45, 7) is 3.22. The number of nitrogens with zero attached hydrogens (tertiary/aromatic N) is 1. The van der Waals surface area contributed by atoms with E-state index in [9.17, 15) is 9.59 Å². The largest absolute Gasteiger partial charge is 0.381 e. The molecule has 3 fully saturated rings. The van der Waals surface area contributed by atoms with Crippen LogP contribution in [0.25, 0.3) is 0 Å². The van der Waals surface area contributed by atoms with Crippen LogP contribution >= 0.6 is 0 Å². The number of ether oxygens (including phenoxy) is 1. The molecule has 2 amide bonds. The predicted molar refractivity (Wildman–Crippen MR) is 69.5 cm³/mol. The van der Waals surface area contributed by atoms with E-state index in [1.165, 1.54) is 0 Å². The Morgan fingerprint density at radius 3 is 3.05 bits per heavy atom. The molecule has 0 radical (unpaired) electrons. The van der Waals surface area contributed by atoms with Crippen molar-refractivity contribution in [3.63, 3.8) is 0 Å². The Labute approximate surface area is 113 Å². The van der Waals surface area contributed by atoms with Crippen molar-refractivity contribution < 1.29 is 14.3 Å². The molecular formula is C14H22N2O3. The zero-order valence-electron chi connectivity index (χ0n) is 11.3. The van der Waals surface area contributed by atoms with Crippen molar-refractivity contribution in [2.24, 2.45) is 5.41 Å². The van der Waals surface area contributed by atoms with E-state index in [2.05, 4.69) is 5.32 Å². The summed E-state index contributed by atoms with van der Waals surface area (Å²) in [5, 5.41) is 2.87. The quantitative estimate of drug-likeness (QED) is 0.759. The van der Waals surface area contributed by atoms with Crippen LogP contribution in [0, 0.1) is 5.41 Å². The average molecular weight is 266 g/mol. The molecule has 0 aromatic rings. The first-order valence-corrected chi connectivity index (χ1v) is 7.35. The highest BCUT2D eigenvalue weighted by molar-refractivity contribution is 5.88. The molecule has 0 bridgehead atoms. The number of amides is 2. The van der Waals surface area contributed by atoms with Gasteiger partial charge < -0.3 is 15.0 Å². The fourth-order valence-electron chi connectivity index (χ4n) is 3.47. The maximum Gasteiger partial charge on any atom is 0.245 e. The summed E-state index contributed by atoms with van der Waals surface area (Å²) >= 11 is 0. The first-order chi connectivity index (χ1) is 9.19. The maximum absolute atomic E-state index is 12.5. The van der Waals surface area contributed by atoms with E-state index in [4.69, 9.17) is 4.74 Å². The Bertz CT molecular complexity index is 377. The van der Waals surface area contributed by atoms with Crippen LogP contribution in [-0.4, -0.2) is 49.1 Å². The minimum absolute atomic E-state index is 0.0222. The predicted octanol–water partition coefficient (Wildman–Crippen LogP) is 0.684. The highest BCUT2D eigenvalue weighted by Crippen LogP contribution is 2.38. The van der Waals surface area contributed by atoms with Gasteiger partial charge in [0.15, 0.2) is 0 Å². The van der Waals surface area contributed by atoms with Crippen molar-refractivity contribution in [3.8, 4) is 0 Å². The Hall–Kier alpha value is -1.10. The molecule has 5 nitrogen and oxygen atoms in total. The molecule has 2 unspecified atom stereocenters. The highest BCUT2D eigenvalue weighted by Gasteiger charge is 2.44. The van der Waals surface area contributed by atoms with Crippen molar-refractivity contribution in [1.29, 1.82) is 0 Å². The molecule has 106 valence electrons. The third-order valence-electron chi connectivity index (χ3n) is 4.71. The number of rotatable bonds is 1. The lowest BCUT2D eigenvalue weighted by Crippen LogP contribution is -2.47. The number of carbonyl (C=O) groups is 2. The molecule has 3 saturated heterocycles. The summed E-state index contributed by atoms with van der Waals surface area (Å²) in [4.78, 5) is 26.0. The zero-order valence-corrected chi connectivity index (χ0v) is 11.3. The Kier molecular flexibility index (Phi) is 3.48. The molecule has 0 saturated carbocycles. The van der Waals surface area contributed by atoms with Gasteiger partial charge in [-0.3, -0.25) is 9.59 Å². The van der Waals surface area contributed by atoms with E-state index in [-0.39, 0.29) is 23.3 Å². The van der Waals surface area contributed by atoms with Crippen LogP contribution in [0.1, 0.15) is 38.5 Å².